The molecule has 2 atom stereocenters. The number of nitrogens with zero attached hydrogens (tertiary/aromatic N) is 4. The fraction of sp³-hybridized carbons (Fsp3) is 0.571. The Bertz CT molecular complexity index is 1170. The average Bonchev–Trinajstić information content (AvgIpc) is 2.90. The molecule has 1 fully saturated rings. The number of hydrogen-bond acceptors (Lipinski definition) is 7. The molecule has 1 aromatic heterocycles. The van der Waals surface area contributed by atoms with Crippen LogP contribution in [0.5, 0.6) is 5.75 Å². The van der Waals surface area contributed by atoms with E-state index in [1.165, 1.54) is 14.0 Å². The molecule has 3 rings (SSSR count). The first-order valence-electron chi connectivity index (χ1n) is 13.4. The molecule has 0 saturated heterocycles. The summed E-state index contributed by atoms with van der Waals surface area (Å²) in [6, 6.07) is 4.60. The Labute approximate surface area is 233 Å². The maximum Gasteiger partial charge on any atom is 0.419 e. The molecule has 0 spiro atoms. The van der Waals surface area contributed by atoms with Crippen LogP contribution in [-0.2, 0) is 17.4 Å². The number of anilines is 2. The fourth-order valence-corrected chi connectivity index (χ4v) is 5.04. The van der Waals surface area contributed by atoms with E-state index in [-0.39, 0.29) is 41.8 Å². The van der Waals surface area contributed by atoms with Crippen LogP contribution in [0.4, 0.5) is 24.8 Å². The highest BCUT2D eigenvalue weighted by molar-refractivity contribution is 5.95. The molecule has 0 bridgehead atoms. The summed E-state index contributed by atoms with van der Waals surface area (Å²) < 4.78 is 47.2. The summed E-state index contributed by atoms with van der Waals surface area (Å²) >= 11 is 0. The highest BCUT2D eigenvalue weighted by atomic mass is 19.4. The number of methoxy groups -OCH3 is 1. The Balaban J connectivity index is 1.82. The second-order valence-electron chi connectivity index (χ2n) is 10.5. The molecular weight excluding hydrogens is 525 g/mol. The summed E-state index contributed by atoms with van der Waals surface area (Å²) in [5.41, 5.74) is -0.212. The van der Waals surface area contributed by atoms with Crippen LogP contribution in [0.1, 0.15) is 60.6 Å². The van der Waals surface area contributed by atoms with E-state index in [1.807, 2.05) is 19.0 Å². The van der Waals surface area contributed by atoms with Crippen LogP contribution in [0.25, 0.3) is 0 Å². The van der Waals surface area contributed by atoms with Gasteiger partial charge in [0.1, 0.15) is 5.75 Å². The fourth-order valence-electron chi connectivity index (χ4n) is 5.04. The molecule has 0 aliphatic heterocycles. The molecule has 1 heterocycles. The van der Waals surface area contributed by atoms with Gasteiger partial charge in [-0.05, 0) is 70.4 Å². The molecular formula is C28H39F3N6O3. The van der Waals surface area contributed by atoms with Gasteiger partial charge in [-0.25, -0.2) is 9.97 Å². The van der Waals surface area contributed by atoms with Gasteiger partial charge >= 0.3 is 6.18 Å². The van der Waals surface area contributed by atoms with Gasteiger partial charge in [-0.15, -0.1) is 0 Å². The van der Waals surface area contributed by atoms with E-state index in [4.69, 9.17) is 4.74 Å². The van der Waals surface area contributed by atoms with Gasteiger partial charge in [-0.2, -0.15) is 13.2 Å². The van der Waals surface area contributed by atoms with Crippen molar-refractivity contribution in [1.29, 1.82) is 0 Å². The first-order valence-corrected chi connectivity index (χ1v) is 13.4. The topological polar surface area (TPSA) is 99.7 Å². The number of ether oxygens (including phenoxy) is 1. The number of carbonyl (C=O) groups is 2. The van der Waals surface area contributed by atoms with Gasteiger partial charge in [0.2, 0.25) is 11.9 Å². The lowest BCUT2D eigenvalue weighted by Gasteiger charge is -2.37. The molecule has 0 unspecified atom stereocenters. The van der Waals surface area contributed by atoms with E-state index in [2.05, 4.69) is 20.6 Å². The number of hydrogen-bond donors (Lipinski definition) is 2. The summed E-state index contributed by atoms with van der Waals surface area (Å²) in [7, 11) is 7.05. The summed E-state index contributed by atoms with van der Waals surface area (Å²) in [5, 5.41) is 5.81. The van der Waals surface area contributed by atoms with Crippen molar-refractivity contribution in [3.8, 4) is 5.75 Å². The number of aromatic nitrogens is 2. The second kappa shape index (κ2) is 13.8. The lowest BCUT2D eigenvalue weighted by Crippen LogP contribution is -2.43. The van der Waals surface area contributed by atoms with Crippen molar-refractivity contribution in [1.82, 2.24) is 25.1 Å². The molecule has 40 heavy (non-hydrogen) atoms. The number of nitrogens with one attached hydrogen (secondary N) is 2. The van der Waals surface area contributed by atoms with Gasteiger partial charge in [0.05, 0.1) is 24.1 Å². The molecule has 2 N–H and O–H groups in total. The smallest absolute Gasteiger partial charge is 0.419 e. The van der Waals surface area contributed by atoms with Crippen LogP contribution < -0.4 is 15.4 Å². The number of rotatable bonds is 11. The van der Waals surface area contributed by atoms with Crippen LogP contribution in [-0.4, -0.2) is 79.0 Å². The van der Waals surface area contributed by atoms with Crippen molar-refractivity contribution in [2.45, 2.75) is 57.7 Å². The van der Waals surface area contributed by atoms with Crippen LogP contribution in [0.15, 0.2) is 24.4 Å². The predicted molar refractivity (Wildman–Crippen MR) is 147 cm³/mol. The van der Waals surface area contributed by atoms with Gasteiger partial charge in [0, 0.05) is 38.3 Å². The zero-order valence-corrected chi connectivity index (χ0v) is 23.8. The third kappa shape index (κ3) is 8.30. The van der Waals surface area contributed by atoms with Crippen molar-refractivity contribution >= 4 is 23.5 Å². The maximum absolute atomic E-state index is 13.9. The SMILES string of the molecule is COc1cc(C(=O)NCCCN(C)C)ccc1Nc1ncc(C(F)(F)F)c(C[C@@H]2CCCC[C@H]2N(C)C(C)=O)n1. The zero-order chi connectivity index (χ0) is 29.4. The zero-order valence-electron chi connectivity index (χ0n) is 23.8. The largest absolute Gasteiger partial charge is 0.495 e. The summed E-state index contributed by atoms with van der Waals surface area (Å²) in [4.78, 5) is 36.4. The van der Waals surface area contributed by atoms with Gasteiger partial charge in [-0.1, -0.05) is 12.8 Å². The summed E-state index contributed by atoms with van der Waals surface area (Å²) in [6.07, 6.45) is 0.295. The molecule has 2 amide bonds. The third-order valence-corrected chi connectivity index (χ3v) is 7.27. The first-order chi connectivity index (χ1) is 18.9. The van der Waals surface area contributed by atoms with Crippen molar-refractivity contribution in [3.05, 3.63) is 41.2 Å². The second-order valence-corrected chi connectivity index (χ2v) is 10.5. The van der Waals surface area contributed by atoms with E-state index in [9.17, 15) is 22.8 Å². The van der Waals surface area contributed by atoms with Crippen LogP contribution >= 0.6 is 0 Å². The van der Waals surface area contributed by atoms with E-state index in [0.29, 0.717) is 30.0 Å². The van der Waals surface area contributed by atoms with Crippen LogP contribution in [0.2, 0.25) is 0 Å². The predicted octanol–water partition coefficient (Wildman–Crippen LogP) is 4.51. The maximum atomic E-state index is 13.9. The lowest BCUT2D eigenvalue weighted by molar-refractivity contribution is -0.139. The van der Waals surface area contributed by atoms with Crippen molar-refractivity contribution in [2.24, 2.45) is 5.92 Å². The van der Waals surface area contributed by atoms with Gasteiger partial charge < -0.3 is 25.2 Å². The standard InChI is InChI=1S/C28H39F3N6O3/c1-18(38)37(4)24-10-7-6-9-19(24)15-23-21(28(29,30)31)17-33-27(35-23)34-22-12-11-20(16-25(22)40-5)26(39)32-13-8-14-36(2)3/h11-12,16-17,19,24H,6-10,13-15H2,1-5H3,(H,32,39)(H,33,34,35)/t19-,24+/m0/s1. The van der Waals surface area contributed by atoms with Crippen molar-refractivity contribution in [2.75, 3.05) is 46.7 Å². The van der Waals surface area contributed by atoms with Gasteiger partial charge in [0.15, 0.2) is 0 Å². The Morgan fingerprint density at radius 3 is 2.52 bits per heavy atom. The minimum Gasteiger partial charge on any atom is -0.495 e. The minimum atomic E-state index is -4.62. The Kier molecular flexibility index (Phi) is 10.7. The normalized spacial score (nSPS) is 17.4. The monoisotopic (exact) mass is 564 g/mol. The van der Waals surface area contributed by atoms with E-state index < -0.39 is 11.7 Å². The molecule has 9 nitrogen and oxygen atoms in total. The molecule has 12 heteroatoms. The number of amides is 2. The van der Waals surface area contributed by atoms with Gasteiger partial charge in [0.25, 0.3) is 5.91 Å². The number of alkyl halides is 3. The molecule has 0 radical (unpaired) electrons. The van der Waals surface area contributed by atoms with Crippen molar-refractivity contribution in [3.63, 3.8) is 0 Å². The number of halogens is 3. The third-order valence-electron chi connectivity index (χ3n) is 7.27. The Morgan fingerprint density at radius 1 is 1.15 bits per heavy atom. The lowest BCUT2D eigenvalue weighted by atomic mass is 9.80. The molecule has 1 aromatic carbocycles. The first kappa shape index (κ1) is 31.1. The molecule has 1 saturated carbocycles. The molecule has 220 valence electrons. The Hall–Kier alpha value is -3.41. The minimum absolute atomic E-state index is 0.0190. The van der Waals surface area contributed by atoms with Crippen molar-refractivity contribution < 1.29 is 27.5 Å². The van der Waals surface area contributed by atoms with E-state index in [1.54, 1.807) is 30.1 Å². The quantitative estimate of drug-likeness (QED) is 0.388. The molecule has 1 aliphatic rings. The van der Waals surface area contributed by atoms with Gasteiger partial charge in [-0.3, -0.25) is 9.59 Å². The molecule has 2 aromatic rings. The highest BCUT2D eigenvalue weighted by Crippen LogP contribution is 2.36. The Morgan fingerprint density at radius 2 is 1.88 bits per heavy atom. The van der Waals surface area contributed by atoms with Crippen LogP contribution in [0, 0.1) is 5.92 Å². The summed E-state index contributed by atoms with van der Waals surface area (Å²) in [6.45, 7) is 2.83. The highest BCUT2D eigenvalue weighted by Gasteiger charge is 2.37. The van der Waals surface area contributed by atoms with E-state index >= 15 is 0 Å². The number of carbonyl (C=O) groups excluding carboxylic acids is 2. The molecule has 1 aliphatic carbocycles. The van der Waals surface area contributed by atoms with E-state index in [0.717, 1.165) is 38.4 Å². The average molecular weight is 565 g/mol. The van der Waals surface area contributed by atoms with Crippen LogP contribution in [0.3, 0.4) is 0 Å². The summed E-state index contributed by atoms with van der Waals surface area (Å²) in [5.74, 6) is -0.225. The number of benzene rings is 1.